The minimum Gasteiger partial charge on any atom is -0.462 e. The van der Waals surface area contributed by atoms with Crippen LogP contribution in [0.1, 0.15) is 129 Å². The maximum Gasteiger partial charge on any atom is 0.306 e. The number of allylic oxidation sites excluding steroid dienone is 16. The Labute approximate surface area is 405 Å². The molecule has 2 aliphatic rings. The summed E-state index contributed by atoms with van der Waals surface area (Å²) >= 11 is 0. The van der Waals surface area contributed by atoms with Crippen LogP contribution in [0.4, 0.5) is 0 Å². The topological polar surface area (TPSA) is 231 Å². The summed E-state index contributed by atoms with van der Waals surface area (Å²) in [6.45, 7) is 2.31. The minimum atomic E-state index is -1.79. The van der Waals surface area contributed by atoms with Crippen molar-refractivity contribution in [2.45, 2.75) is 197 Å². The van der Waals surface area contributed by atoms with Crippen molar-refractivity contribution < 1.29 is 73.8 Å². The van der Waals surface area contributed by atoms with Gasteiger partial charge in [-0.15, -0.1) is 0 Å². The molecule has 0 saturated carbocycles. The summed E-state index contributed by atoms with van der Waals surface area (Å²) < 4.78 is 33.4. The van der Waals surface area contributed by atoms with Crippen LogP contribution in [0, 0.1) is 0 Å². The number of aliphatic hydroxyl groups is 7. The zero-order valence-electron chi connectivity index (χ0n) is 40.5. The number of carbonyl (C=O) groups excluding carboxylic acids is 2. The van der Waals surface area contributed by atoms with Crippen LogP contribution < -0.4 is 0 Å². The van der Waals surface area contributed by atoms with Gasteiger partial charge in [-0.25, -0.2) is 0 Å². The molecule has 0 aromatic carbocycles. The zero-order chi connectivity index (χ0) is 49.6. The molecule has 0 bridgehead atoms. The second-order valence-electron chi connectivity index (χ2n) is 16.9. The third-order valence-corrected chi connectivity index (χ3v) is 11.0. The van der Waals surface area contributed by atoms with Gasteiger partial charge >= 0.3 is 11.9 Å². The molecular weight excluding hydrogens is 877 g/mol. The van der Waals surface area contributed by atoms with Crippen molar-refractivity contribution in [2.24, 2.45) is 0 Å². The number of aliphatic hydroxyl groups excluding tert-OH is 7. The van der Waals surface area contributed by atoms with E-state index < -0.39 is 99.3 Å². The second kappa shape index (κ2) is 39.2. The molecule has 2 aliphatic heterocycles. The maximum absolute atomic E-state index is 13.0. The van der Waals surface area contributed by atoms with Crippen molar-refractivity contribution in [2.75, 3.05) is 26.4 Å². The first-order valence-corrected chi connectivity index (χ1v) is 24.8. The molecule has 15 heteroatoms. The molecule has 386 valence electrons. The number of carbonyl (C=O) groups is 2. The first-order valence-electron chi connectivity index (χ1n) is 24.8. The highest BCUT2D eigenvalue weighted by molar-refractivity contribution is 5.70. The molecule has 2 saturated heterocycles. The molecule has 4 unspecified atom stereocenters. The summed E-state index contributed by atoms with van der Waals surface area (Å²) in [6, 6.07) is 0. The Morgan fingerprint density at radius 3 is 1.44 bits per heavy atom. The fourth-order valence-electron chi connectivity index (χ4n) is 6.96. The summed E-state index contributed by atoms with van der Waals surface area (Å²) in [5, 5.41) is 72.0. The lowest BCUT2D eigenvalue weighted by Gasteiger charge is -2.42. The van der Waals surface area contributed by atoms with Crippen LogP contribution >= 0.6 is 0 Å². The van der Waals surface area contributed by atoms with Crippen LogP contribution in [0.15, 0.2) is 97.2 Å². The summed E-state index contributed by atoms with van der Waals surface area (Å²) in [4.78, 5) is 25.7. The number of rotatable bonds is 36. The van der Waals surface area contributed by atoms with Crippen molar-refractivity contribution in [1.82, 2.24) is 0 Å². The molecule has 2 fully saturated rings. The Morgan fingerprint density at radius 2 is 0.926 bits per heavy atom. The minimum absolute atomic E-state index is 0.0981. The third-order valence-electron chi connectivity index (χ3n) is 11.0. The molecule has 0 spiro atoms. The van der Waals surface area contributed by atoms with E-state index in [4.69, 9.17) is 28.4 Å². The number of ether oxygens (including phenoxy) is 6. The van der Waals surface area contributed by atoms with E-state index in [1.807, 2.05) is 12.2 Å². The Kier molecular flexibility index (Phi) is 34.9. The third kappa shape index (κ3) is 27.0. The van der Waals surface area contributed by atoms with Crippen LogP contribution in [0.3, 0.4) is 0 Å². The molecule has 0 radical (unpaired) electrons. The predicted molar refractivity (Wildman–Crippen MR) is 261 cm³/mol. The van der Waals surface area contributed by atoms with Gasteiger partial charge in [-0.3, -0.25) is 9.59 Å². The molecule has 15 nitrogen and oxygen atoms in total. The Morgan fingerprint density at radius 1 is 0.485 bits per heavy atom. The molecule has 2 rings (SSSR count). The van der Waals surface area contributed by atoms with Crippen LogP contribution in [0.5, 0.6) is 0 Å². The summed E-state index contributed by atoms with van der Waals surface area (Å²) in [5.41, 5.74) is 0. The molecule has 68 heavy (non-hydrogen) atoms. The molecule has 0 aromatic heterocycles. The smallest absolute Gasteiger partial charge is 0.306 e. The molecule has 7 N–H and O–H groups in total. The molecular formula is C53H84O15. The SMILES string of the molecule is CC/C=C/C/C=C/C/C=C/C/C=C/C/C=C/CCCC(=O)OC[C@@H](CO[C@@H]1O[C@H](CO[C@@H]2O[C@H](CO)[C@H](O)C(O)C2O)[C@H](O)C(O)C1O)OC(=O)CCCC/C=C/C/C=C/C/C=C/CCCCC. The number of esters is 2. The number of hydrogen-bond acceptors (Lipinski definition) is 15. The van der Waals surface area contributed by atoms with Gasteiger partial charge in [-0.1, -0.05) is 124 Å². The van der Waals surface area contributed by atoms with E-state index in [1.54, 1.807) is 0 Å². The maximum atomic E-state index is 13.0. The first-order chi connectivity index (χ1) is 33.0. The van der Waals surface area contributed by atoms with Crippen molar-refractivity contribution in [3.05, 3.63) is 97.2 Å². The average Bonchev–Trinajstić information content (AvgIpc) is 3.33. The lowest BCUT2D eigenvalue weighted by Crippen LogP contribution is -2.61. The molecule has 0 amide bonds. The highest BCUT2D eigenvalue weighted by atomic mass is 16.7. The van der Waals surface area contributed by atoms with Crippen LogP contribution in [0.2, 0.25) is 0 Å². The van der Waals surface area contributed by atoms with Gasteiger partial charge in [0.25, 0.3) is 0 Å². The quantitative estimate of drug-likeness (QED) is 0.0200. The Balaban J connectivity index is 1.87. The summed E-state index contributed by atoms with van der Waals surface area (Å²) in [6.07, 6.45) is 31.6. The van der Waals surface area contributed by atoms with E-state index in [-0.39, 0.29) is 19.4 Å². The highest BCUT2D eigenvalue weighted by Crippen LogP contribution is 2.26. The van der Waals surface area contributed by atoms with Crippen molar-refractivity contribution >= 4 is 11.9 Å². The average molecular weight is 961 g/mol. The highest BCUT2D eigenvalue weighted by Gasteiger charge is 2.47. The van der Waals surface area contributed by atoms with E-state index in [2.05, 4.69) is 98.9 Å². The van der Waals surface area contributed by atoms with Gasteiger partial charge in [0.1, 0.15) is 55.4 Å². The zero-order valence-corrected chi connectivity index (χ0v) is 40.5. The molecule has 0 aliphatic carbocycles. The van der Waals surface area contributed by atoms with Gasteiger partial charge in [0, 0.05) is 12.8 Å². The van der Waals surface area contributed by atoms with Gasteiger partial charge in [-0.05, 0) is 89.9 Å². The number of unbranched alkanes of at least 4 members (excludes halogenated alkanes) is 6. The summed E-state index contributed by atoms with van der Waals surface area (Å²) in [7, 11) is 0. The van der Waals surface area contributed by atoms with E-state index in [0.29, 0.717) is 19.3 Å². The van der Waals surface area contributed by atoms with Crippen molar-refractivity contribution in [3.63, 3.8) is 0 Å². The normalized spacial score (nSPS) is 26.6. The van der Waals surface area contributed by atoms with Gasteiger partial charge in [0.15, 0.2) is 18.7 Å². The monoisotopic (exact) mass is 961 g/mol. The first kappa shape index (κ1) is 60.5. The molecule has 11 atom stereocenters. The second-order valence-corrected chi connectivity index (χ2v) is 16.9. The largest absolute Gasteiger partial charge is 0.462 e. The van der Waals surface area contributed by atoms with Crippen LogP contribution in [-0.4, -0.2) is 142 Å². The van der Waals surface area contributed by atoms with Gasteiger partial charge in [0.05, 0.1) is 19.8 Å². The fraction of sp³-hybridized carbons (Fsp3) is 0.660. The number of hydrogen-bond donors (Lipinski definition) is 7. The van der Waals surface area contributed by atoms with Gasteiger partial charge in [0.2, 0.25) is 0 Å². The van der Waals surface area contributed by atoms with E-state index in [9.17, 15) is 45.3 Å². The van der Waals surface area contributed by atoms with Crippen LogP contribution in [0.25, 0.3) is 0 Å². The Bertz CT molecular complexity index is 1550. The van der Waals surface area contributed by atoms with Crippen molar-refractivity contribution in [1.29, 1.82) is 0 Å². The molecule has 2 heterocycles. The van der Waals surface area contributed by atoms with E-state index in [1.165, 1.54) is 19.3 Å². The standard InChI is InChI=1S/C53H84O15/c1-3-5-7-9-11-13-15-17-19-20-22-23-25-27-29-31-33-35-44(55)63-38-41(66-45(56)36-34-32-30-28-26-24-21-18-16-14-12-10-8-6-4-2)39-64-52-51(62)49(60)47(58)43(68-52)40-65-53-50(61)48(59)46(57)42(37-54)67-53/h5,7,11-14,17-19,21-23,26-29,41-43,46-54,57-62H,3-4,6,8-10,15-16,20,24-25,30-40H2,1-2H3/b7-5+,13-11+,14-12+,19-17+,21-18+,23-22+,28-26+,29-27+/t41-,42+,43+,46-,47-,48?,49?,50?,51?,52+,53+/m0/s1. The lowest BCUT2D eigenvalue weighted by atomic mass is 9.98. The predicted octanol–water partition coefficient (Wildman–Crippen LogP) is 6.59. The Hall–Kier alpha value is -3.58. The van der Waals surface area contributed by atoms with E-state index >= 15 is 0 Å². The summed E-state index contributed by atoms with van der Waals surface area (Å²) in [5.74, 6) is -1.05. The van der Waals surface area contributed by atoms with Crippen molar-refractivity contribution in [3.8, 4) is 0 Å². The van der Waals surface area contributed by atoms with Crippen LogP contribution in [-0.2, 0) is 38.0 Å². The lowest BCUT2D eigenvalue weighted by molar-refractivity contribution is -0.332. The van der Waals surface area contributed by atoms with Gasteiger partial charge in [-0.2, -0.15) is 0 Å². The molecule has 0 aromatic rings. The van der Waals surface area contributed by atoms with Gasteiger partial charge < -0.3 is 64.2 Å². The fourth-order valence-corrected chi connectivity index (χ4v) is 6.96. The van der Waals surface area contributed by atoms with E-state index in [0.717, 1.165) is 64.2 Å².